The maximum Gasteiger partial charge on any atom is 0.276 e. The zero-order valence-corrected chi connectivity index (χ0v) is 17.2. The third-order valence-electron chi connectivity index (χ3n) is 6.04. The van der Waals surface area contributed by atoms with Crippen molar-refractivity contribution in [2.45, 2.75) is 44.9 Å². The largest absolute Gasteiger partial charge is 0.333 e. The van der Waals surface area contributed by atoms with Crippen LogP contribution < -0.4 is 0 Å². The standard InChI is InChI=1S/C22H25N5OS/c28-22(26-10-7-18-4-1-2-5-19(18)13-26)21-15-27(24-23-21)14-20-6-3-9-25(20)12-17-8-11-29-16-17/h1-2,4-5,8,11,15-16,20H,3,6-7,9-10,12-14H2. The first-order chi connectivity index (χ1) is 14.3. The third kappa shape index (κ3) is 3.97. The Balaban J connectivity index is 1.23. The smallest absolute Gasteiger partial charge is 0.276 e. The summed E-state index contributed by atoms with van der Waals surface area (Å²) in [5, 5.41) is 12.8. The number of rotatable bonds is 5. The maximum absolute atomic E-state index is 12.9. The van der Waals surface area contributed by atoms with E-state index in [9.17, 15) is 4.79 Å². The van der Waals surface area contributed by atoms with E-state index in [0.29, 0.717) is 18.3 Å². The molecule has 2 aromatic heterocycles. The maximum atomic E-state index is 12.9. The minimum atomic E-state index is -0.0210. The van der Waals surface area contributed by atoms with E-state index < -0.39 is 0 Å². The molecule has 1 unspecified atom stereocenters. The van der Waals surface area contributed by atoms with Gasteiger partial charge >= 0.3 is 0 Å². The SMILES string of the molecule is O=C(c1cn(CC2CCCN2Cc2ccsc2)nn1)N1CCc2ccccc2C1. The molecular weight excluding hydrogens is 382 g/mol. The van der Waals surface area contributed by atoms with Gasteiger partial charge in [0.05, 0.1) is 12.7 Å². The number of carbonyl (C=O) groups excluding carboxylic acids is 1. The van der Waals surface area contributed by atoms with E-state index in [1.807, 2.05) is 21.8 Å². The average molecular weight is 408 g/mol. The minimum Gasteiger partial charge on any atom is -0.333 e. The molecule has 0 N–H and O–H groups in total. The summed E-state index contributed by atoms with van der Waals surface area (Å²) in [5.74, 6) is -0.0210. The fraction of sp³-hybridized carbons (Fsp3) is 0.409. The second kappa shape index (κ2) is 8.08. The van der Waals surface area contributed by atoms with Crippen LogP contribution in [0.3, 0.4) is 0 Å². The van der Waals surface area contributed by atoms with Crippen LogP contribution in [0.1, 0.15) is 40.0 Å². The summed E-state index contributed by atoms with van der Waals surface area (Å²) in [6, 6.07) is 11.0. The molecule has 3 aromatic rings. The quantitative estimate of drug-likeness (QED) is 0.652. The molecule has 5 rings (SSSR count). The lowest BCUT2D eigenvalue weighted by atomic mass is 10.00. The number of amides is 1. The second-order valence-corrected chi connectivity index (χ2v) is 8.75. The van der Waals surface area contributed by atoms with Gasteiger partial charge in [0.2, 0.25) is 0 Å². The molecule has 6 nitrogen and oxygen atoms in total. The zero-order chi connectivity index (χ0) is 19.6. The number of hydrogen-bond acceptors (Lipinski definition) is 5. The Kier molecular flexibility index (Phi) is 5.16. The van der Waals surface area contributed by atoms with Crippen molar-refractivity contribution in [1.82, 2.24) is 24.8 Å². The molecule has 1 amide bonds. The molecule has 2 aliphatic rings. The monoisotopic (exact) mass is 407 g/mol. The van der Waals surface area contributed by atoms with E-state index in [1.54, 1.807) is 11.3 Å². The van der Waals surface area contributed by atoms with E-state index in [1.165, 1.54) is 23.1 Å². The molecule has 0 saturated carbocycles. The molecule has 1 atom stereocenters. The van der Waals surface area contributed by atoms with Crippen LogP contribution in [0.15, 0.2) is 47.3 Å². The summed E-state index contributed by atoms with van der Waals surface area (Å²) in [6.07, 6.45) is 5.10. The van der Waals surface area contributed by atoms with Gasteiger partial charge < -0.3 is 4.90 Å². The Morgan fingerprint density at radius 3 is 2.93 bits per heavy atom. The molecule has 150 valence electrons. The van der Waals surface area contributed by atoms with Gasteiger partial charge in [-0.1, -0.05) is 29.5 Å². The van der Waals surface area contributed by atoms with Crippen LogP contribution in [0.4, 0.5) is 0 Å². The van der Waals surface area contributed by atoms with Gasteiger partial charge in [-0.3, -0.25) is 14.4 Å². The van der Waals surface area contributed by atoms with Gasteiger partial charge in [0.25, 0.3) is 5.91 Å². The van der Waals surface area contributed by atoms with Gasteiger partial charge in [0, 0.05) is 25.7 Å². The fourth-order valence-electron chi connectivity index (χ4n) is 4.46. The van der Waals surface area contributed by atoms with Gasteiger partial charge in [-0.05, 0) is 59.3 Å². The molecule has 0 aliphatic carbocycles. The predicted octanol–water partition coefficient (Wildman–Crippen LogP) is 3.20. The van der Waals surface area contributed by atoms with Crippen molar-refractivity contribution in [2.75, 3.05) is 13.1 Å². The lowest BCUT2D eigenvalue weighted by molar-refractivity contribution is 0.0728. The first kappa shape index (κ1) is 18.5. The van der Waals surface area contributed by atoms with Crippen LogP contribution >= 0.6 is 11.3 Å². The van der Waals surface area contributed by atoms with Crippen LogP contribution in [0, 0.1) is 0 Å². The summed E-state index contributed by atoms with van der Waals surface area (Å²) in [4.78, 5) is 17.3. The Hall–Kier alpha value is -2.51. The Labute approximate surface area is 174 Å². The molecule has 0 radical (unpaired) electrons. The number of nitrogens with zero attached hydrogens (tertiary/aromatic N) is 5. The summed E-state index contributed by atoms with van der Waals surface area (Å²) < 4.78 is 1.85. The molecule has 0 bridgehead atoms. The molecule has 1 fully saturated rings. The molecule has 29 heavy (non-hydrogen) atoms. The van der Waals surface area contributed by atoms with Crippen molar-refractivity contribution in [3.63, 3.8) is 0 Å². The highest BCUT2D eigenvalue weighted by atomic mass is 32.1. The fourth-order valence-corrected chi connectivity index (χ4v) is 5.12. The Bertz CT molecular complexity index is 983. The molecule has 0 spiro atoms. The molecule has 2 aliphatic heterocycles. The van der Waals surface area contributed by atoms with E-state index in [4.69, 9.17) is 0 Å². The van der Waals surface area contributed by atoms with E-state index in [0.717, 1.165) is 39.0 Å². The van der Waals surface area contributed by atoms with Crippen LogP contribution in [0.2, 0.25) is 0 Å². The molecule has 4 heterocycles. The minimum absolute atomic E-state index is 0.0210. The molecule has 7 heteroatoms. The number of likely N-dealkylation sites (tertiary alicyclic amines) is 1. The summed E-state index contributed by atoms with van der Waals surface area (Å²) in [5.41, 5.74) is 4.40. The summed E-state index contributed by atoms with van der Waals surface area (Å²) in [7, 11) is 0. The van der Waals surface area contributed by atoms with Crippen LogP contribution in [-0.2, 0) is 26.1 Å². The first-order valence-electron chi connectivity index (χ1n) is 10.3. The van der Waals surface area contributed by atoms with Crippen LogP contribution in [0.25, 0.3) is 0 Å². The predicted molar refractivity (Wildman–Crippen MR) is 113 cm³/mol. The van der Waals surface area contributed by atoms with Crippen LogP contribution in [0.5, 0.6) is 0 Å². The van der Waals surface area contributed by atoms with Gasteiger partial charge in [0.1, 0.15) is 0 Å². The lowest BCUT2D eigenvalue weighted by Crippen LogP contribution is -2.36. The Morgan fingerprint density at radius 2 is 2.07 bits per heavy atom. The number of carbonyl (C=O) groups is 1. The third-order valence-corrected chi connectivity index (χ3v) is 6.77. The molecule has 1 aromatic carbocycles. The Morgan fingerprint density at radius 1 is 1.17 bits per heavy atom. The summed E-state index contributed by atoms with van der Waals surface area (Å²) in [6.45, 7) is 4.28. The zero-order valence-electron chi connectivity index (χ0n) is 16.4. The van der Waals surface area contributed by atoms with Crippen LogP contribution in [-0.4, -0.2) is 49.8 Å². The van der Waals surface area contributed by atoms with Crippen molar-refractivity contribution in [2.24, 2.45) is 0 Å². The van der Waals surface area contributed by atoms with E-state index in [2.05, 4.69) is 50.2 Å². The number of hydrogen-bond donors (Lipinski definition) is 0. The van der Waals surface area contributed by atoms with Crippen molar-refractivity contribution in [3.05, 3.63) is 69.7 Å². The van der Waals surface area contributed by atoms with Gasteiger partial charge in [-0.25, -0.2) is 0 Å². The van der Waals surface area contributed by atoms with E-state index >= 15 is 0 Å². The second-order valence-electron chi connectivity index (χ2n) is 7.97. The van der Waals surface area contributed by atoms with Gasteiger partial charge in [0.15, 0.2) is 5.69 Å². The number of fused-ring (bicyclic) bond motifs is 1. The number of benzene rings is 1. The number of thiophene rings is 1. The van der Waals surface area contributed by atoms with Crippen molar-refractivity contribution in [1.29, 1.82) is 0 Å². The highest BCUT2D eigenvalue weighted by Crippen LogP contribution is 2.23. The molecule has 1 saturated heterocycles. The van der Waals surface area contributed by atoms with Crippen molar-refractivity contribution >= 4 is 17.2 Å². The number of aromatic nitrogens is 3. The first-order valence-corrected chi connectivity index (χ1v) is 11.2. The van der Waals surface area contributed by atoms with E-state index in [-0.39, 0.29) is 5.91 Å². The molecular formula is C22H25N5OS. The topological polar surface area (TPSA) is 54.3 Å². The highest BCUT2D eigenvalue weighted by Gasteiger charge is 2.27. The van der Waals surface area contributed by atoms with Crippen molar-refractivity contribution in [3.8, 4) is 0 Å². The lowest BCUT2D eigenvalue weighted by Gasteiger charge is -2.28. The van der Waals surface area contributed by atoms with Crippen molar-refractivity contribution < 1.29 is 4.79 Å². The van der Waals surface area contributed by atoms with Gasteiger partial charge in [-0.2, -0.15) is 11.3 Å². The normalized spacial score (nSPS) is 19.4. The highest BCUT2D eigenvalue weighted by molar-refractivity contribution is 7.07. The van der Waals surface area contributed by atoms with Gasteiger partial charge in [-0.15, -0.1) is 5.10 Å². The average Bonchev–Trinajstić information content (AvgIpc) is 3.51. The summed E-state index contributed by atoms with van der Waals surface area (Å²) >= 11 is 1.75.